The van der Waals surface area contributed by atoms with Crippen LogP contribution in [0.15, 0.2) is 0 Å². The molecule has 0 aliphatic carbocycles. The molecule has 0 saturated carbocycles. The van der Waals surface area contributed by atoms with Crippen molar-refractivity contribution in [3.05, 3.63) is 0 Å². The highest BCUT2D eigenvalue weighted by atomic mass is 35.5. The molecule has 1 aliphatic rings. The highest BCUT2D eigenvalue weighted by Gasteiger charge is 2.23. The lowest BCUT2D eigenvalue weighted by atomic mass is 10.2. The molecule has 0 aromatic heterocycles. The minimum absolute atomic E-state index is 0.0968. The van der Waals surface area contributed by atoms with Crippen LogP contribution in [-0.4, -0.2) is 36.8 Å². The molecule has 1 saturated heterocycles. The van der Waals surface area contributed by atoms with Gasteiger partial charge in [0.2, 0.25) is 15.3 Å². The predicted molar refractivity (Wildman–Crippen MR) is 54.7 cm³/mol. The standard InChI is InChI=1S/C8H14ClNO3S/c9-8(11)4-7-14(12,13)10-5-2-1-3-6-10/h1-7H2. The van der Waals surface area contributed by atoms with Gasteiger partial charge in [-0.15, -0.1) is 0 Å². The summed E-state index contributed by atoms with van der Waals surface area (Å²) in [6.45, 7) is 1.16. The van der Waals surface area contributed by atoms with E-state index in [4.69, 9.17) is 11.6 Å². The fourth-order valence-corrected chi connectivity index (χ4v) is 3.20. The molecule has 1 fully saturated rings. The van der Waals surface area contributed by atoms with Gasteiger partial charge in [0.25, 0.3) is 0 Å². The number of nitrogens with zero attached hydrogens (tertiary/aromatic N) is 1. The Morgan fingerprint density at radius 2 is 1.79 bits per heavy atom. The van der Waals surface area contributed by atoms with Gasteiger partial charge in [-0.2, -0.15) is 0 Å². The highest BCUT2D eigenvalue weighted by molar-refractivity contribution is 7.89. The zero-order valence-electron chi connectivity index (χ0n) is 7.91. The number of carbonyl (C=O) groups is 1. The van der Waals surface area contributed by atoms with Crippen LogP contribution in [0.25, 0.3) is 0 Å². The zero-order chi connectivity index (χ0) is 10.6. The Kier molecular flexibility index (Phi) is 4.34. The molecular weight excluding hydrogens is 226 g/mol. The van der Waals surface area contributed by atoms with E-state index in [1.165, 1.54) is 4.31 Å². The van der Waals surface area contributed by atoms with Crippen LogP contribution in [0.4, 0.5) is 0 Å². The molecule has 0 bridgehead atoms. The molecule has 0 spiro atoms. The number of hydrogen-bond acceptors (Lipinski definition) is 3. The molecule has 0 atom stereocenters. The lowest BCUT2D eigenvalue weighted by molar-refractivity contribution is -0.111. The van der Waals surface area contributed by atoms with Crippen molar-refractivity contribution in [2.45, 2.75) is 25.7 Å². The minimum Gasteiger partial charge on any atom is -0.281 e. The second kappa shape index (κ2) is 5.09. The molecule has 1 aliphatic heterocycles. The molecule has 0 unspecified atom stereocenters. The number of carbonyl (C=O) groups excluding carboxylic acids is 1. The monoisotopic (exact) mass is 239 g/mol. The second-order valence-electron chi connectivity index (χ2n) is 3.38. The van der Waals surface area contributed by atoms with E-state index in [9.17, 15) is 13.2 Å². The van der Waals surface area contributed by atoms with Gasteiger partial charge in [0, 0.05) is 19.5 Å². The van der Waals surface area contributed by atoms with Crippen LogP contribution in [0.1, 0.15) is 25.7 Å². The van der Waals surface area contributed by atoms with Crippen LogP contribution >= 0.6 is 11.6 Å². The SMILES string of the molecule is O=C(Cl)CCS(=O)(=O)N1CCCCC1. The number of hydrogen-bond donors (Lipinski definition) is 0. The van der Waals surface area contributed by atoms with E-state index in [0.717, 1.165) is 19.3 Å². The van der Waals surface area contributed by atoms with E-state index in [-0.39, 0.29) is 12.2 Å². The number of piperidine rings is 1. The van der Waals surface area contributed by atoms with E-state index >= 15 is 0 Å². The van der Waals surface area contributed by atoms with Gasteiger partial charge in [0.1, 0.15) is 0 Å². The van der Waals surface area contributed by atoms with E-state index in [1.54, 1.807) is 0 Å². The van der Waals surface area contributed by atoms with Crippen LogP contribution in [0.5, 0.6) is 0 Å². The predicted octanol–water partition coefficient (Wildman–Crippen LogP) is 0.958. The molecule has 6 heteroatoms. The van der Waals surface area contributed by atoms with Crippen molar-refractivity contribution in [1.82, 2.24) is 4.31 Å². The summed E-state index contributed by atoms with van der Waals surface area (Å²) in [6.07, 6.45) is 2.81. The molecule has 0 amide bonds. The van der Waals surface area contributed by atoms with Crippen molar-refractivity contribution in [3.8, 4) is 0 Å². The average molecular weight is 240 g/mol. The van der Waals surface area contributed by atoms with Gasteiger partial charge in [0.15, 0.2) is 0 Å². The summed E-state index contributed by atoms with van der Waals surface area (Å²) < 4.78 is 24.7. The summed E-state index contributed by atoms with van der Waals surface area (Å²) >= 11 is 5.10. The fraction of sp³-hybridized carbons (Fsp3) is 0.875. The second-order valence-corrected chi connectivity index (χ2v) is 5.89. The van der Waals surface area contributed by atoms with E-state index in [2.05, 4.69) is 0 Å². The van der Waals surface area contributed by atoms with Crippen molar-refractivity contribution in [1.29, 1.82) is 0 Å². The Morgan fingerprint density at radius 1 is 1.21 bits per heavy atom. The number of sulfonamides is 1. The maximum atomic E-state index is 11.6. The Labute approximate surface area is 89.3 Å². The fourth-order valence-electron chi connectivity index (χ4n) is 1.48. The Balaban J connectivity index is 2.50. The van der Waals surface area contributed by atoms with Gasteiger partial charge in [-0.25, -0.2) is 12.7 Å². The van der Waals surface area contributed by atoms with Crippen molar-refractivity contribution in [3.63, 3.8) is 0 Å². The number of rotatable bonds is 4. The quantitative estimate of drug-likeness (QED) is 0.687. The summed E-state index contributed by atoms with van der Waals surface area (Å²) in [5.74, 6) is -0.157. The highest BCUT2D eigenvalue weighted by Crippen LogP contribution is 2.14. The summed E-state index contributed by atoms with van der Waals surface area (Å²) in [6, 6.07) is 0. The Hall–Kier alpha value is -0.130. The smallest absolute Gasteiger partial charge is 0.222 e. The van der Waals surface area contributed by atoms with E-state index in [0.29, 0.717) is 13.1 Å². The summed E-state index contributed by atoms with van der Waals surface area (Å²) in [4.78, 5) is 10.5. The topological polar surface area (TPSA) is 54.5 Å². The van der Waals surface area contributed by atoms with Crippen molar-refractivity contribution in [2.75, 3.05) is 18.8 Å². The molecule has 82 valence electrons. The molecular formula is C8H14ClNO3S. The maximum Gasteiger partial charge on any atom is 0.222 e. The third-order valence-electron chi connectivity index (χ3n) is 2.26. The largest absolute Gasteiger partial charge is 0.281 e. The van der Waals surface area contributed by atoms with Crippen LogP contribution in [0.3, 0.4) is 0 Å². The normalized spacial score (nSPS) is 19.5. The molecule has 0 aromatic rings. The molecule has 4 nitrogen and oxygen atoms in total. The minimum atomic E-state index is -3.25. The third-order valence-corrected chi connectivity index (χ3v) is 4.33. The van der Waals surface area contributed by atoms with Gasteiger partial charge in [-0.05, 0) is 24.4 Å². The van der Waals surface area contributed by atoms with E-state index < -0.39 is 15.3 Å². The lowest BCUT2D eigenvalue weighted by Gasteiger charge is -2.25. The van der Waals surface area contributed by atoms with Gasteiger partial charge in [-0.3, -0.25) is 4.79 Å². The first-order valence-electron chi connectivity index (χ1n) is 4.68. The van der Waals surface area contributed by atoms with Crippen molar-refractivity contribution < 1.29 is 13.2 Å². The van der Waals surface area contributed by atoms with Crippen molar-refractivity contribution in [2.24, 2.45) is 0 Å². The third kappa shape index (κ3) is 3.55. The first-order chi connectivity index (χ1) is 6.52. The molecule has 0 radical (unpaired) electrons. The molecule has 0 N–H and O–H groups in total. The number of halogens is 1. The van der Waals surface area contributed by atoms with Crippen LogP contribution in [0, 0.1) is 0 Å². The van der Waals surface area contributed by atoms with Crippen LogP contribution in [-0.2, 0) is 14.8 Å². The summed E-state index contributed by atoms with van der Waals surface area (Å²) in [7, 11) is -3.25. The zero-order valence-corrected chi connectivity index (χ0v) is 9.48. The van der Waals surface area contributed by atoms with Gasteiger partial charge < -0.3 is 0 Å². The van der Waals surface area contributed by atoms with Crippen LogP contribution < -0.4 is 0 Å². The van der Waals surface area contributed by atoms with Gasteiger partial charge in [0.05, 0.1) is 5.75 Å². The van der Waals surface area contributed by atoms with Gasteiger partial charge >= 0.3 is 0 Å². The summed E-state index contributed by atoms with van der Waals surface area (Å²) in [5, 5.41) is -0.592. The first-order valence-corrected chi connectivity index (χ1v) is 6.67. The Bertz CT molecular complexity index is 296. The first kappa shape index (κ1) is 11.9. The Morgan fingerprint density at radius 3 is 2.29 bits per heavy atom. The lowest BCUT2D eigenvalue weighted by Crippen LogP contribution is -2.37. The van der Waals surface area contributed by atoms with Gasteiger partial charge in [-0.1, -0.05) is 6.42 Å². The van der Waals surface area contributed by atoms with Crippen LogP contribution in [0.2, 0.25) is 0 Å². The van der Waals surface area contributed by atoms with Crippen molar-refractivity contribution >= 4 is 26.9 Å². The molecule has 1 rings (SSSR count). The molecule has 1 heterocycles. The molecule has 0 aromatic carbocycles. The van der Waals surface area contributed by atoms with E-state index in [1.807, 2.05) is 0 Å². The summed E-state index contributed by atoms with van der Waals surface area (Å²) in [5.41, 5.74) is 0. The average Bonchev–Trinajstić information content (AvgIpc) is 2.16. The molecule has 14 heavy (non-hydrogen) atoms. The maximum absolute atomic E-state index is 11.6.